The third-order valence-corrected chi connectivity index (χ3v) is 5.91. The predicted octanol–water partition coefficient (Wildman–Crippen LogP) is 2.24. The summed E-state index contributed by atoms with van der Waals surface area (Å²) in [5.74, 6) is 0.220. The molecule has 1 aliphatic heterocycles. The molecule has 0 bridgehead atoms. The van der Waals surface area contributed by atoms with E-state index < -0.39 is 22.0 Å². The maximum atomic E-state index is 12.1. The molecule has 1 saturated carbocycles. The number of fused-ring (bicyclic) bond motifs is 1. The number of esters is 1. The van der Waals surface area contributed by atoms with Crippen molar-refractivity contribution in [3.05, 3.63) is 29.8 Å². The number of aliphatic imine (C=N–C) groups is 1. The molecule has 24 heavy (non-hydrogen) atoms. The second-order valence-electron chi connectivity index (χ2n) is 6.39. The highest BCUT2D eigenvalue weighted by molar-refractivity contribution is 7.90. The summed E-state index contributed by atoms with van der Waals surface area (Å²) in [6.07, 6.45) is 5.85. The average Bonchev–Trinajstić information content (AvgIpc) is 2.84. The number of nitrogens with zero attached hydrogens (tertiary/aromatic N) is 1. The lowest BCUT2D eigenvalue weighted by Crippen LogP contribution is -2.28. The molecule has 3 rings (SSSR count). The van der Waals surface area contributed by atoms with Crippen LogP contribution >= 0.6 is 0 Å². The SMILES string of the molecule is C[C@H](N=C1NS(=O)(=O)c2ccccc21)C(=O)OCC1CCCCC1. The molecule has 1 aliphatic carbocycles. The molecule has 2 aliphatic rings. The summed E-state index contributed by atoms with van der Waals surface area (Å²) < 4.78 is 31.8. The van der Waals surface area contributed by atoms with Gasteiger partial charge in [-0.2, -0.15) is 0 Å². The van der Waals surface area contributed by atoms with Crippen LogP contribution < -0.4 is 4.72 Å². The second kappa shape index (κ2) is 6.93. The molecule has 0 amide bonds. The fraction of sp³-hybridized carbons (Fsp3) is 0.529. The number of rotatable bonds is 4. The maximum absolute atomic E-state index is 12.1. The van der Waals surface area contributed by atoms with Crippen LogP contribution in [-0.4, -0.2) is 32.9 Å². The Morgan fingerprint density at radius 3 is 2.75 bits per heavy atom. The van der Waals surface area contributed by atoms with E-state index in [0.717, 1.165) is 12.8 Å². The van der Waals surface area contributed by atoms with Crippen molar-refractivity contribution in [1.29, 1.82) is 0 Å². The van der Waals surface area contributed by atoms with Gasteiger partial charge in [0.15, 0.2) is 0 Å². The summed E-state index contributed by atoms with van der Waals surface area (Å²) in [6, 6.07) is 5.83. The molecule has 130 valence electrons. The van der Waals surface area contributed by atoms with Crippen molar-refractivity contribution in [2.24, 2.45) is 10.9 Å². The molecular weight excluding hydrogens is 328 g/mol. The van der Waals surface area contributed by atoms with Gasteiger partial charge in [-0.3, -0.25) is 9.71 Å². The highest BCUT2D eigenvalue weighted by atomic mass is 32.2. The number of carbonyl (C=O) groups excluding carboxylic acids is 1. The topological polar surface area (TPSA) is 84.8 Å². The Morgan fingerprint density at radius 1 is 1.29 bits per heavy atom. The number of hydrogen-bond donors (Lipinski definition) is 1. The van der Waals surface area contributed by atoms with Crippen molar-refractivity contribution >= 4 is 21.8 Å². The molecule has 1 N–H and O–H groups in total. The van der Waals surface area contributed by atoms with Crippen LogP contribution in [0, 0.1) is 5.92 Å². The van der Waals surface area contributed by atoms with Crippen LogP contribution in [0.25, 0.3) is 0 Å². The van der Waals surface area contributed by atoms with Crippen LogP contribution in [0.1, 0.15) is 44.6 Å². The van der Waals surface area contributed by atoms with Gasteiger partial charge in [-0.25, -0.2) is 13.2 Å². The Kier molecular flexibility index (Phi) is 4.89. The van der Waals surface area contributed by atoms with E-state index in [-0.39, 0.29) is 10.7 Å². The van der Waals surface area contributed by atoms with Gasteiger partial charge in [-0.1, -0.05) is 31.4 Å². The minimum atomic E-state index is -3.59. The molecular formula is C17H22N2O4S. The lowest BCUT2D eigenvalue weighted by molar-refractivity contribution is -0.146. The summed E-state index contributed by atoms with van der Waals surface area (Å²) >= 11 is 0. The molecule has 1 aromatic carbocycles. The summed E-state index contributed by atoms with van der Waals surface area (Å²) in [6.45, 7) is 2.04. The summed E-state index contributed by atoms with van der Waals surface area (Å²) in [5.41, 5.74) is 0.490. The molecule has 7 heteroatoms. The monoisotopic (exact) mass is 350 g/mol. The quantitative estimate of drug-likeness (QED) is 0.844. The van der Waals surface area contributed by atoms with Crippen molar-refractivity contribution in [1.82, 2.24) is 4.72 Å². The van der Waals surface area contributed by atoms with E-state index in [4.69, 9.17) is 4.74 Å². The first-order chi connectivity index (χ1) is 11.5. The molecule has 1 aromatic rings. The molecule has 1 atom stereocenters. The Balaban J connectivity index is 1.66. The van der Waals surface area contributed by atoms with Gasteiger partial charge < -0.3 is 4.74 Å². The van der Waals surface area contributed by atoms with Crippen molar-refractivity contribution in [2.45, 2.75) is 50.0 Å². The van der Waals surface area contributed by atoms with E-state index in [1.54, 1.807) is 25.1 Å². The van der Waals surface area contributed by atoms with E-state index in [1.807, 2.05) is 0 Å². The Bertz CT molecular complexity index is 752. The lowest BCUT2D eigenvalue weighted by atomic mass is 9.90. The zero-order valence-corrected chi connectivity index (χ0v) is 14.5. The minimum Gasteiger partial charge on any atom is -0.464 e. The molecule has 0 radical (unpaired) electrons. The number of sulfonamides is 1. The molecule has 0 aromatic heterocycles. The fourth-order valence-electron chi connectivity index (χ4n) is 3.15. The van der Waals surface area contributed by atoms with Crippen LogP contribution in [0.4, 0.5) is 0 Å². The third-order valence-electron chi connectivity index (χ3n) is 4.51. The van der Waals surface area contributed by atoms with E-state index in [1.165, 1.54) is 25.3 Å². The Morgan fingerprint density at radius 2 is 2.00 bits per heavy atom. The van der Waals surface area contributed by atoms with Crippen LogP contribution in [-0.2, 0) is 19.6 Å². The molecule has 0 spiro atoms. The van der Waals surface area contributed by atoms with E-state index >= 15 is 0 Å². The number of amidine groups is 1. The molecule has 6 nitrogen and oxygen atoms in total. The first-order valence-corrected chi connectivity index (χ1v) is 9.82. The van der Waals surface area contributed by atoms with E-state index in [0.29, 0.717) is 18.1 Å². The summed E-state index contributed by atoms with van der Waals surface area (Å²) in [5, 5.41) is 0. The maximum Gasteiger partial charge on any atom is 0.330 e. The largest absolute Gasteiger partial charge is 0.464 e. The number of ether oxygens (including phenoxy) is 1. The van der Waals surface area contributed by atoms with Crippen molar-refractivity contribution in [3.63, 3.8) is 0 Å². The number of carbonyl (C=O) groups is 1. The number of nitrogens with one attached hydrogen (secondary N) is 1. The number of hydrogen-bond acceptors (Lipinski definition) is 5. The second-order valence-corrected chi connectivity index (χ2v) is 8.04. The molecule has 1 fully saturated rings. The van der Waals surface area contributed by atoms with Gasteiger partial charge in [0.05, 0.1) is 11.5 Å². The van der Waals surface area contributed by atoms with Crippen LogP contribution in [0.15, 0.2) is 34.2 Å². The Labute approximate surface area is 142 Å². The highest BCUT2D eigenvalue weighted by Gasteiger charge is 2.31. The Hall–Kier alpha value is -1.89. The zero-order chi connectivity index (χ0) is 17.2. The van der Waals surface area contributed by atoms with E-state index in [2.05, 4.69) is 9.71 Å². The number of benzene rings is 1. The molecule has 1 heterocycles. The van der Waals surface area contributed by atoms with Gasteiger partial charge in [0.25, 0.3) is 10.0 Å². The van der Waals surface area contributed by atoms with Gasteiger partial charge in [0, 0.05) is 5.56 Å². The fourth-order valence-corrected chi connectivity index (χ4v) is 4.39. The third kappa shape index (κ3) is 3.61. The van der Waals surface area contributed by atoms with Crippen molar-refractivity contribution in [3.8, 4) is 0 Å². The molecule has 0 unspecified atom stereocenters. The van der Waals surface area contributed by atoms with Crippen LogP contribution in [0.3, 0.4) is 0 Å². The van der Waals surface area contributed by atoms with Gasteiger partial charge >= 0.3 is 5.97 Å². The average molecular weight is 350 g/mol. The first-order valence-electron chi connectivity index (χ1n) is 8.34. The van der Waals surface area contributed by atoms with Gasteiger partial charge in [0.2, 0.25) is 0 Å². The first kappa shape index (κ1) is 17.0. The standard InChI is InChI=1S/C17H22N2O4S/c1-12(17(20)23-11-13-7-3-2-4-8-13)18-16-14-9-5-6-10-15(14)24(21,22)19-16/h5-6,9-10,12-13H,2-4,7-8,11H2,1H3,(H,18,19)/t12-/m0/s1. The normalized spacial score (nSPS) is 22.6. The van der Waals surface area contributed by atoms with E-state index in [9.17, 15) is 13.2 Å². The van der Waals surface area contributed by atoms with Crippen LogP contribution in [0.5, 0.6) is 0 Å². The van der Waals surface area contributed by atoms with Gasteiger partial charge in [0.1, 0.15) is 11.9 Å². The summed E-state index contributed by atoms with van der Waals surface area (Å²) in [4.78, 5) is 16.6. The molecule has 0 saturated heterocycles. The van der Waals surface area contributed by atoms with Gasteiger partial charge in [-0.15, -0.1) is 0 Å². The predicted molar refractivity (Wildman–Crippen MR) is 90.3 cm³/mol. The smallest absolute Gasteiger partial charge is 0.330 e. The van der Waals surface area contributed by atoms with Crippen LogP contribution in [0.2, 0.25) is 0 Å². The lowest BCUT2D eigenvalue weighted by Gasteiger charge is -2.21. The highest BCUT2D eigenvalue weighted by Crippen LogP contribution is 2.24. The zero-order valence-electron chi connectivity index (χ0n) is 13.7. The van der Waals surface area contributed by atoms with Crippen molar-refractivity contribution < 1.29 is 17.9 Å². The minimum absolute atomic E-state index is 0.187. The van der Waals surface area contributed by atoms with Crippen molar-refractivity contribution in [2.75, 3.05) is 6.61 Å². The van der Waals surface area contributed by atoms with Gasteiger partial charge in [-0.05, 0) is 37.8 Å². The summed E-state index contributed by atoms with van der Waals surface area (Å²) in [7, 11) is -3.59.